The van der Waals surface area contributed by atoms with Gasteiger partial charge in [-0.1, -0.05) is 31.4 Å². The van der Waals surface area contributed by atoms with Gasteiger partial charge >= 0.3 is 5.97 Å². The van der Waals surface area contributed by atoms with Gasteiger partial charge < -0.3 is 0 Å². The highest BCUT2D eigenvalue weighted by molar-refractivity contribution is 5.90. The van der Waals surface area contributed by atoms with Gasteiger partial charge in [-0.15, -0.1) is 0 Å². The molecule has 18 heavy (non-hydrogen) atoms. The summed E-state index contributed by atoms with van der Waals surface area (Å²) in [6, 6.07) is 5.61. The van der Waals surface area contributed by atoms with Gasteiger partial charge in [-0.3, -0.25) is 4.89 Å². The Morgan fingerprint density at radius 1 is 1.17 bits per heavy atom. The molecule has 0 spiro atoms. The first kappa shape index (κ1) is 13.1. The van der Waals surface area contributed by atoms with Crippen LogP contribution >= 0.6 is 0 Å². The lowest BCUT2D eigenvalue weighted by atomic mass is 9.98. The van der Waals surface area contributed by atoms with Crippen molar-refractivity contribution < 1.29 is 14.6 Å². The van der Waals surface area contributed by atoms with Gasteiger partial charge in [0.2, 0.25) is 0 Å². The van der Waals surface area contributed by atoms with E-state index in [-0.39, 0.29) is 12.1 Å². The van der Waals surface area contributed by atoms with E-state index in [9.17, 15) is 4.79 Å². The number of rotatable bonds is 3. The maximum Gasteiger partial charge on any atom is 0.373 e. The Morgan fingerprint density at radius 3 is 2.61 bits per heavy atom. The van der Waals surface area contributed by atoms with Gasteiger partial charge in [0.05, 0.1) is 5.56 Å². The van der Waals surface area contributed by atoms with Crippen molar-refractivity contribution in [2.24, 2.45) is 0 Å². The van der Waals surface area contributed by atoms with E-state index in [4.69, 9.17) is 9.78 Å². The van der Waals surface area contributed by atoms with Gasteiger partial charge in [0.25, 0.3) is 0 Å². The average molecular weight is 248 g/mol. The van der Waals surface area contributed by atoms with Crippen molar-refractivity contribution in [3.8, 4) is 0 Å². The molecule has 0 aromatic heterocycles. The second-order valence-corrected chi connectivity index (χ2v) is 4.97. The van der Waals surface area contributed by atoms with E-state index in [0.29, 0.717) is 5.56 Å². The average Bonchev–Trinajstić information content (AvgIpc) is 2.40. The van der Waals surface area contributed by atoms with Crippen molar-refractivity contribution >= 4 is 5.97 Å². The molecular weight excluding hydrogens is 228 g/mol. The maximum absolute atomic E-state index is 11.9. The standard InChI is InChI=1S/C15H20O3/c1-11-7-6-10-14(12(11)2)15(16)18-17-13-8-4-3-5-9-13/h6-7,10,13H,3-5,8-9H2,1-2H3. The first-order chi connectivity index (χ1) is 8.68. The highest BCUT2D eigenvalue weighted by Gasteiger charge is 2.18. The first-order valence-corrected chi connectivity index (χ1v) is 6.62. The number of carbonyl (C=O) groups excluding carboxylic acids is 1. The molecule has 0 unspecified atom stereocenters. The van der Waals surface area contributed by atoms with Gasteiger partial charge in [-0.2, -0.15) is 4.89 Å². The van der Waals surface area contributed by atoms with Gasteiger partial charge in [-0.25, -0.2) is 4.79 Å². The molecule has 1 saturated carbocycles. The Kier molecular flexibility index (Phi) is 4.37. The highest BCUT2D eigenvalue weighted by atomic mass is 17.2. The largest absolute Gasteiger partial charge is 0.373 e. The second-order valence-electron chi connectivity index (χ2n) is 4.97. The minimum absolute atomic E-state index is 0.0767. The second kappa shape index (κ2) is 6.01. The van der Waals surface area contributed by atoms with Crippen LogP contribution in [0, 0.1) is 13.8 Å². The van der Waals surface area contributed by atoms with Crippen LogP contribution in [0.5, 0.6) is 0 Å². The molecule has 1 aliphatic rings. The molecule has 0 amide bonds. The third kappa shape index (κ3) is 3.10. The lowest BCUT2D eigenvalue weighted by molar-refractivity contribution is -0.279. The van der Waals surface area contributed by atoms with Crippen LogP contribution in [0.4, 0.5) is 0 Å². The van der Waals surface area contributed by atoms with Gasteiger partial charge in [0, 0.05) is 0 Å². The van der Waals surface area contributed by atoms with Crippen LogP contribution in [0.15, 0.2) is 18.2 Å². The van der Waals surface area contributed by atoms with E-state index < -0.39 is 0 Å². The van der Waals surface area contributed by atoms with Crippen molar-refractivity contribution in [1.82, 2.24) is 0 Å². The van der Waals surface area contributed by atoms with Crippen LogP contribution in [0.1, 0.15) is 53.6 Å². The van der Waals surface area contributed by atoms with E-state index in [2.05, 4.69) is 0 Å². The Balaban J connectivity index is 1.93. The Labute approximate surface area is 108 Å². The lowest BCUT2D eigenvalue weighted by Crippen LogP contribution is -2.19. The molecule has 0 N–H and O–H groups in total. The van der Waals surface area contributed by atoms with Crippen LogP contribution in [0.3, 0.4) is 0 Å². The van der Waals surface area contributed by atoms with E-state index in [1.165, 1.54) is 6.42 Å². The smallest absolute Gasteiger partial charge is 0.293 e. The number of benzene rings is 1. The molecule has 0 heterocycles. The molecule has 0 bridgehead atoms. The fourth-order valence-corrected chi connectivity index (χ4v) is 2.29. The van der Waals surface area contributed by atoms with Crippen molar-refractivity contribution in [1.29, 1.82) is 0 Å². The minimum atomic E-state index is -0.387. The van der Waals surface area contributed by atoms with Gasteiger partial charge in [0.1, 0.15) is 6.10 Å². The number of aryl methyl sites for hydroxylation is 1. The van der Waals surface area contributed by atoms with Crippen LogP contribution in [-0.2, 0) is 9.78 Å². The molecule has 3 nitrogen and oxygen atoms in total. The molecular formula is C15H20O3. The Morgan fingerprint density at radius 2 is 1.89 bits per heavy atom. The molecule has 98 valence electrons. The molecule has 3 heteroatoms. The summed E-state index contributed by atoms with van der Waals surface area (Å²) >= 11 is 0. The Bertz CT molecular complexity index is 420. The SMILES string of the molecule is Cc1cccc(C(=O)OOC2CCCCC2)c1C. The quantitative estimate of drug-likeness (QED) is 0.604. The molecule has 2 rings (SSSR count). The first-order valence-electron chi connectivity index (χ1n) is 6.62. The summed E-state index contributed by atoms with van der Waals surface area (Å²) in [4.78, 5) is 22.1. The highest BCUT2D eigenvalue weighted by Crippen LogP contribution is 2.21. The van der Waals surface area contributed by atoms with Crippen molar-refractivity contribution in [3.05, 3.63) is 34.9 Å². The fraction of sp³-hybridized carbons (Fsp3) is 0.533. The molecule has 0 saturated heterocycles. The third-order valence-corrected chi connectivity index (χ3v) is 3.64. The van der Waals surface area contributed by atoms with Crippen LogP contribution in [0.25, 0.3) is 0 Å². The molecule has 1 aliphatic carbocycles. The lowest BCUT2D eigenvalue weighted by Gasteiger charge is -2.20. The van der Waals surface area contributed by atoms with E-state index in [1.807, 2.05) is 26.0 Å². The zero-order chi connectivity index (χ0) is 13.0. The molecule has 1 fully saturated rings. The third-order valence-electron chi connectivity index (χ3n) is 3.64. The van der Waals surface area contributed by atoms with E-state index >= 15 is 0 Å². The molecule has 0 atom stereocenters. The zero-order valence-corrected chi connectivity index (χ0v) is 11.1. The zero-order valence-electron chi connectivity index (χ0n) is 11.1. The fourth-order valence-electron chi connectivity index (χ4n) is 2.29. The monoisotopic (exact) mass is 248 g/mol. The molecule has 0 radical (unpaired) electrons. The van der Waals surface area contributed by atoms with E-state index in [1.54, 1.807) is 6.07 Å². The number of hydrogen-bond donors (Lipinski definition) is 0. The topological polar surface area (TPSA) is 35.5 Å². The summed E-state index contributed by atoms with van der Waals surface area (Å²) in [6.07, 6.45) is 5.62. The van der Waals surface area contributed by atoms with Gasteiger partial charge in [0.15, 0.2) is 0 Å². The predicted octanol–water partition coefficient (Wildman–Crippen LogP) is 3.72. The number of hydrogen-bond acceptors (Lipinski definition) is 3. The van der Waals surface area contributed by atoms with Crippen LogP contribution in [0.2, 0.25) is 0 Å². The van der Waals surface area contributed by atoms with Crippen molar-refractivity contribution in [2.45, 2.75) is 52.1 Å². The summed E-state index contributed by atoms with van der Waals surface area (Å²) in [5.74, 6) is -0.387. The molecule has 1 aromatic rings. The van der Waals surface area contributed by atoms with Crippen molar-refractivity contribution in [2.75, 3.05) is 0 Å². The summed E-state index contributed by atoms with van der Waals surface area (Å²) < 4.78 is 0. The van der Waals surface area contributed by atoms with Gasteiger partial charge in [-0.05, 0) is 43.9 Å². The van der Waals surface area contributed by atoms with Crippen LogP contribution < -0.4 is 0 Å². The van der Waals surface area contributed by atoms with Crippen LogP contribution in [-0.4, -0.2) is 12.1 Å². The predicted molar refractivity (Wildman–Crippen MR) is 69.3 cm³/mol. The Hall–Kier alpha value is -1.35. The summed E-state index contributed by atoms with van der Waals surface area (Å²) in [7, 11) is 0. The minimum Gasteiger partial charge on any atom is -0.293 e. The summed E-state index contributed by atoms with van der Waals surface area (Å²) in [6.45, 7) is 3.90. The van der Waals surface area contributed by atoms with Crippen molar-refractivity contribution in [3.63, 3.8) is 0 Å². The maximum atomic E-state index is 11.9. The summed E-state index contributed by atoms with van der Waals surface area (Å²) in [5.41, 5.74) is 2.63. The molecule has 1 aromatic carbocycles. The molecule has 0 aliphatic heterocycles. The normalized spacial score (nSPS) is 16.6. The van der Waals surface area contributed by atoms with E-state index in [0.717, 1.165) is 36.8 Å². The number of carbonyl (C=O) groups is 1. The summed E-state index contributed by atoms with van der Waals surface area (Å²) in [5, 5.41) is 0.